The van der Waals surface area contributed by atoms with Crippen LogP contribution >= 0.6 is 0 Å². The standard InChI is InChI=1S/C48H91N13O9/c1-8-9-10-11-12-13-14-15-40(62)54-32(16-21-49)42(64)58-36-20-25-53-41(63)37(26-29(2)3)59-44(66)34(18-23-51)55-43(65)33(17-22-50)57-47(69)38(27-30(4)5)61-48(70)39(28-31(6)7)60-45(67)35(19-24-52)56-46(36)68/h29-39H,8-28,49-52H2,1-7H3,(H,53,63)(H,54,62)(H,55,65)(H,56,68)(H,57,69)(H,58,64)(H,59,66)(H,60,67)(H,61,70)/t32-,33+,34+,35+,36+,37+,38+,39-/m1/s1. The highest BCUT2D eigenvalue weighted by molar-refractivity contribution is 5.98. The molecule has 1 rings (SSSR count). The second kappa shape index (κ2) is 35.2. The predicted molar refractivity (Wildman–Crippen MR) is 269 cm³/mol. The van der Waals surface area contributed by atoms with E-state index < -0.39 is 95.6 Å². The molecule has 0 radical (unpaired) electrons. The molecule has 0 aromatic carbocycles. The smallest absolute Gasteiger partial charge is 0.243 e. The van der Waals surface area contributed by atoms with Crippen molar-refractivity contribution < 1.29 is 43.2 Å². The summed E-state index contributed by atoms with van der Waals surface area (Å²) in [5.74, 6) is -6.52. The molecule has 0 spiro atoms. The Morgan fingerprint density at radius 1 is 0.514 bits per heavy atom. The largest absolute Gasteiger partial charge is 0.354 e. The summed E-state index contributed by atoms with van der Waals surface area (Å²) < 4.78 is 0. The van der Waals surface area contributed by atoms with E-state index in [1.165, 1.54) is 0 Å². The molecule has 0 aromatic heterocycles. The Hall–Kier alpha value is -4.93. The summed E-state index contributed by atoms with van der Waals surface area (Å²) in [6.07, 6.45) is 7.31. The Bertz CT molecular complexity index is 1650. The van der Waals surface area contributed by atoms with E-state index in [0.717, 1.165) is 38.5 Å². The van der Waals surface area contributed by atoms with E-state index in [1.807, 2.05) is 41.5 Å². The third kappa shape index (κ3) is 25.3. The predicted octanol–water partition coefficient (Wildman–Crippen LogP) is -0.941. The summed E-state index contributed by atoms with van der Waals surface area (Å²) in [4.78, 5) is 125. The second-order valence-corrected chi connectivity index (χ2v) is 19.7. The average molecular weight is 994 g/mol. The van der Waals surface area contributed by atoms with Crippen molar-refractivity contribution in [2.45, 2.75) is 200 Å². The molecule has 0 saturated carbocycles. The molecule has 0 aliphatic carbocycles. The fraction of sp³-hybridized carbons (Fsp3) is 0.812. The zero-order valence-corrected chi connectivity index (χ0v) is 43.2. The lowest BCUT2D eigenvalue weighted by Crippen LogP contribution is -2.60. The molecular formula is C48H91N13O9. The molecule has 1 saturated heterocycles. The summed E-state index contributed by atoms with van der Waals surface area (Å²) in [6, 6.07) is -9.77. The van der Waals surface area contributed by atoms with E-state index in [0.29, 0.717) is 6.42 Å². The van der Waals surface area contributed by atoms with Crippen molar-refractivity contribution in [1.29, 1.82) is 0 Å². The first kappa shape index (κ1) is 63.1. The highest BCUT2D eigenvalue weighted by Crippen LogP contribution is 2.13. The highest BCUT2D eigenvalue weighted by Gasteiger charge is 2.35. The monoisotopic (exact) mass is 994 g/mol. The van der Waals surface area contributed by atoms with Gasteiger partial charge in [0.05, 0.1) is 0 Å². The van der Waals surface area contributed by atoms with E-state index in [2.05, 4.69) is 54.8 Å². The van der Waals surface area contributed by atoms with Gasteiger partial charge in [-0.05, 0) is 102 Å². The van der Waals surface area contributed by atoms with Gasteiger partial charge >= 0.3 is 0 Å². The molecular weight excluding hydrogens is 903 g/mol. The minimum Gasteiger partial charge on any atom is -0.354 e. The number of rotatable bonds is 25. The van der Waals surface area contributed by atoms with Gasteiger partial charge in [0, 0.05) is 13.0 Å². The molecule has 1 aliphatic heterocycles. The third-order valence-electron chi connectivity index (χ3n) is 11.8. The van der Waals surface area contributed by atoms with E-state index in [-0.39, 0.29) is 114 Å². The lowest BCUT2D eigenvalue weighted by atomic mass is 9.99. The first-order chi connectivity index (χ1) is 33.2. The van der Waals surface area contributed by atoms with Crippen LogP contribution in [0.5, 0.6) is 0 Å². The average Bonchev–Trinajstić information content (AvgIpc) is 3.28. The first-order valence-corrected chi connectivity index (χ1v) is 25.7. The normalized spacial score (nSPS) is 23.3. The first-order valence-electron chi connectivity index (χ1n) is 25.7. The van der Waals surface area contributed by atoms with Crippen LogP contribution < -0.4 is 70.8 Å². The van der Waals surface area contributed by atoms with Crippen LogP contribution in [-0.2, 0) is 43.2 Å². The van der Waals surface area contributed by atoms with Crippen LogP contribution in [0, 0.1) is 17.8 Å². The van der Waals surface area contributed by atoms with Crippen LogP contribution in [0.15, 0.2) is 0 Å². The number of carbonyl (C=O) groups is 9. The molecule has 70 heavy (non-hydrogen) atoms. The third-order valence-corrected chi connectivity index (χ3v) is 11.8. The summed E-state index contributed by atoms with van der Waals surface area (Å²) in [7, 11) is 0. The molecule has 0 aromatic rings. The summed E-state index contributed by atoms with van der Waals surface area (Å²) in [6.45, 7) is 12.9. The minimum absolute atomic E-state index is 0.0261. The van der Waals surface area contributed by atoms with Gasteiger partial charge in [-0.2, -0.15) is 0 Å². The molecule has 1 aliphatic rings. The lowest BCUT2D eigenvalue weighted by molar-refractivity contribution is -0.136. The quantitative estimate of drug-likeness (QED) is 0.0492. The number of nitrogens with two attached hydrogens (primary N) is 4. The Kier molecular flexibility index (Phi) is 31.7. The molecule has 0 unspecified atom stereocenters. The number of hydrogen-bond acceptors (Lipinski definition) is 13. The van der Waals surface area contributed by atoms with E-state index >= 15 is 0 Å². The number of carbonyl (C=O) groups excluding carboxylic acids is 9. The fourth-order valence-corrected chi connectivity index (χ4v) is 8.00. The van der Waals surface area contributed by atoms with E-state index in [9.17, 15) is 43.2 Å². The molecule has 402 valence electrons. The molecule has 0 bridgehead atoms. The van der Waals surface area contributed by atoms with Gasteiger partial charge in [0.25, 0.3) is 0 Å². The van der Waals surface area contributed by atoms with Crippen LogP contribution in [0.2, 0.25) is 0 Å². The van der Waals surface area contributed by atoms with Crippen LogP contribution in [0.1, 0.15) is 151 Å². The lowest BCUT2D eigenvalue weighted by Gasteiger charge is -2.29. The maximum atomic E-state index is 14.3. The van der Waals surface area contributed by atoms with Crippen LogP contribution in [-0.4, -0.2) is 134 Å². The number of amides is 9. The van der Waals surface area contributed by atoms with Crippen LogP contribution in [0.4, 0.5) is 0 Å². The summed E-state index contributed by atoms with van der Waals surface area (Å²) >= 11 is 0. The van der Waals surface area contributed by atoms with E-state index in [1.54, 1.807) is 0 Å². The molecule has 1 heterocycles. The van der Waals surface area contributed by atoms with Gasteiger partial charge < -0.3 is 70.8 Å². The fourth-order valence-electron chi connectivity index (χ4n) is 8.00. The highest BCUT2D eigenvalue weighted by atomic mass is 16.2. The molecule has 22 heteroatoms. The van der Waals surface area contributed by atoms with E-state index in [4.69, 9.17) is 22.9 Å². The van der Waals surface area contributed by atoms with Gasteiger partial charge in [0.2, 0.25) is 53.2 Å². The maximum Gasteiger partial charge on any atom is 0.243 e. The molecule has 9 amide bonds. The number of unbranched alkanes of at least 4 members (excludes halogenated alkanes) is 6. The summed E-state index contributed by atoms with van der Waals surface area (Å²) in [5.41, 5.74) is 23.5. The second-order valence-electron chi connectivity index (χ2n) is 19.7. The number of hydrogen-bond donors (Lipinski definition) is 13. The van der Waals surface area contributed by atoms with Crippen molar-refractivity contribution in [3.63, 3.8) is 0 Å². The van der Waals surface area contributed by atoms with Crippen molar-refractivity contribution in [2.75, 3.05) is 32.7 Å². The Labute approximate surface area is 416 Å². The van der Waals surface area contributed by atoms with Crippen molar-refractivity contribution in [1.82, 2.24) is 47.9 Å². The minimum atomic E-state index is -1.39. The van der Waals surface area contributed by atoms with Crippen molar-refractivity contribution >= 4 is 53.2 Å². The van der Waals surface area contributed by atoms with Gasteiger partial charge in [-0.15, -0.1) is 0 Å². The Morgan fingerprint density at radius 2 is 0.886 bits per heavy atom. The van der Waals surface area contributed by atoms with Gasteiger partial charge in [0.15, 0.2) is 0 Å². The molecule has 1 fully saturated rings. The molecule has 22 nitrogen and oxygen atoms in total. The van der Waals surface area contributed by atoms with Gasteiger partial charge in [0.1, 0.15) is 48.3 Å². The van der Waals surface area contributed by atoms with Crippen LogP contribution in [0.25, 0.3) is 0 Å². The van der Waals surface area contributed by atoms with Crippen molar-refractivity contribution in [2.24, 2.45) is 40.7 Å². The van der Waals surface area contributed by atoms with Crippen molar-refractivity contribution in [3.05, 3.63) is 0 Å². The zero-order valence-electron chi connectivity index (χ0n) is 43.2. The molecule has 17 N–H and O–H groups in total. The topological polar surface area (TPSA) is 366 Å². The van der Waals surface area contributed by atoms with Gasteiger partial charge in [-0.1, -0.05) is 87.0 Å². The van der Waals surface area contributed by atoms with Gasteiger partial charge in [-0.3, -0.25) is 43.2 Å². The number of nitrogens with one attached hydrogen (secondary N) is 9. The Morgan fingerprint density at radius 3 is 1.29 bits per heavy atom. The Balaban J connectivity index is 3.78. The van der Waals surface area contributed by atoms with Crippen molar-refractivity contribution in [3.8, 4) is 0 Å². The molecule has 8 atom stereocenters. The summed E-state index contributed by atoms with van der Waals surface area (Å²) in [5, 5.41) is 24.4. The SMILES string of the molecule is CCCCCCCCCC(=O)N[C@H](CCN)C(=O)N[C@H]1CCNC(=O)[C@H](CC(C)C)NC(=O)[C@H](CCN)NC(=O)[C@H](CCN)NC(=O)[C@H](CC(C)C)NC(=O)[C@@H](CC(C)C)NC(=O)[C@H](CCN)NC1=O. The maximum absolute atomic E-state index is 14.3. The zero-order chi connectivity index (χ0) is 52.8. The van der Waals surface area contributed by atoms with Crippen LogP contribution in [0.3, 0.4) is 0 Å². The van der Waals surface area contributed by atoms with Gasteiger partial charge in [-0.25, -0.2) is 0 Å².